The fraction of sp³-hybridized carbons (Fsp3) is 0.409. The van der Waals surface area contributed by atoms with Gasteiger partial charge >= 0.3 is 0 Å². The Hall–Kier alpha value is -1.99. The number of unbranched alkanes of at least 4 members (excludes halogenated alkanes) is 2. The number of anilines is 2. The molecule has 7 heteroatoms. The van der Waals surface area contributed by atoms with E-state index < -0.39 is 10.0 Å². The van der Waals surface area contributed by atoms with Crippen LogP contribution in [0.25, 0.3) is 0 Å². The first-order chi connectivity index (χ1) is 13.9. The van der Waals surface area contributed by atoms with E-state index in [2.05, 4.69) is 10.0 Å². The third kappa shape index (κ3) is 7.74. The van der Waals surface area contributed by atoms with Crippen molar-refractivity contribution in [1.29, 1.82) is 0 Å². The number of para-hydroxylation sites is 1. The molecule has 0 atom stereocenters. The Morgan fingerprint density at radius 2 is 1.76 bits per heavy atom. The van der Waals surface area contributed by atoms with Crippen LogP contribution in [0.4, 0.5) is 11.4 Å². The summed E-state index contributed by atoms with van der Waals surface area (Å²) in [5, 5.41) is 2.83. The molecule has 0 radical (unpaired) electrons. The van der Waals surface area contributed by atoms with Gasteiger partial charge in [-0.3, -0.25) is 9.52 Å². The summed E-state index contributed by atoms with van der Waals surface area (Å²) in [4.78, 5) is 13.8. The van der Waals surface area contributed by atoms with Gasteiger partial charge in [0.2, 0.25) is 10.0 Å². The lowest BCUT2D eigenvalue weighted by molar-refractivity contribution is 0.102. The van der Waals surface area contributed by atoms with Gasteiger partial charge in [0, 0.05) is 10.6 Å². The van der Waals surface area contributed by atoms with Crippen LogP contribution in [0.5, 0.6) is 0 Å². The normalized spacial score (nSPS) is 13.8. The maximum Gasteiger partial charge on any atom is 0.257 e. The van der Waals surface area contributed by atoms with Crippen molar-refractivity contribution in [2.45, 2.75) is 43.4 Å². The van der Waals surface area contributed by atoms with Gasteiger partial charge in [0.05, 0.1) is 17.5 Å². The molecule has 0 aromatic heterocycles. The van der Waals surface area contributed by atoms with Gasteiger partial charge < -0.3 is 5.32 Å². The zero-order valence-corrected chi connectivity index (χ0v) is 18.3. The van der Waals surface area contributed by atoms with Crippen molar-refractivity contribution in [2.75, 3.05) is 22.0 Å². The second kappa shape index (κ2) is 10.2. The first kappa shape index (κ1) is 21.7. The van der Waals surface area contributed by atoms with Crippen LogP contribution in [0.15, 0.2) is 53.4 Å². The minimum atomic E-state index is -3.46. The van der Waals surface area contributed by atoms with Crippen molar-refractivity contribution >= 4 is 39.1 Å². The molecular weight excluding hydrogens is 404 g/mol. The predicted octanol–water partition coefficient (Wildman–Crippen LogP) is 5.37. The highest BCUT2D eigenvalue weighted by atomic mass is 32.2. The van der Waals surface area contributed by atoms with Crippen LogP contribution in [-0.2, 0) is 10.0 Å². The van der Waals surface area contributed by atoms with E-state index in [1.165, 1.54) is 43.4 Å². The average Bonchev–Trinajstić information content (AvgIpc) is 3.49. The van der Waals surface area contributed by atoms with Gasteiger partial charge in [0.1, 0.15) is 0 Å². The summed E-state index contributed by atoms with van der Waals surface area (Å²) in [7, 11) is -3.46. The monoisotopic (exact) mass is 432 g/mol. The van der Waals surface area contributed by atoms with Crippen molar-refractivity contribution < 1.29 is 13.2 Å². The van der Waals surface area contributed by atoms with Gasteiger partial charge in [0.25, 0.3) is 5.91 Å². The number of benzene rings is 2. The number of rotatable bonds is 11. The summed E-state index contributed by atoms with van der Waals surface area (Å²) in [5.41, 5.74) is 1.22. The number of nitrogens with one attached hydrogen (secondary N) is 2. The Labute approximate surface area is 177 Å². The molecular formula is C22H28N2O3S2. The molecule has 1 aliphatic carbocycles. The topological polar surface area (TPSA) is 75.3 Å². The number of thioether (sulfide) groups is 1. The van der Waals surface area contributed by atoms with Crippen molar-refractivity contribution in [2.24, 2.45) is 5.92 Å². The number of carbonyl (C=O) groups is 1. The lowest BCUT2D eigenvalue weighted by Gasteiger charge is -2.11. The van der Waals surface area contributed by atoms with Gasteiger partial charge in [0.15, 0.2) is 0 Å². The van der Waals surface area contributed by atoms with Gasteiger partial charge in [-0.05, 0) is 54.5 Å². The van der Waals surface area contributed by atoms with E-state index in [1.54, 1.807) is 24.3 Å². The zero-order chi connectivity index (χ0) is 20.7. The highest BCUT2D eigenvalue weighted by molar-refractivity contribution is 7.99. The predicted molar refractivity (Wildman–Crippen MR) is 121 cm³/mol. The molecule has 1 saturated carbocycles. The summed E-state index contributed by atoms with van der Waals surface area (Å²) in [5.74, 6) is 1.79. The van der Waals surface area contributed by atoms with Crippen molar-refractivity contribution in [3.05, 3.63) is 54.1 Å². The molecule has 0 aliphatic heterocycles. The van der Waals surface area contributed by atoms with E-state index in [1.807, 2.05) is 36.0 Å². The third-order valence-corrected chi connectivity index (χ3v) is 6.49. The molecule has 3 rings (SSSR count). The van der Waals surface area contributed by atoms with Crippen LogP contribution in [-0.4, -0.2) is 26.3 Å². The summed E-state index contributed by atoms with van der Waals surface area (Å²) in [6.45, 7) is 0. The second-order valence-electron chi connectivity index (χ2n) is 7.54. The van der Waals surface area contributed by atoms with E-state index >= 15 is 0 Å². The first-order valence-corrected chi connectivity index (χ1v) is 12.9. The molecule has 0 saturated heterocycles. The molecule has 2 N–H and O–H groups in total. The summed E-state index contributed by atoms with van der Waals surface area (Å²) >= 11 is 1.84. The van der Waals surface area contributed by atoms with E-state index in [0.717, 1.165) is 17.9 Å². The van der Waals surface area contributed by atoms with Crippen molar-refractivity contribution in [3.8, 4) is 0 Å². The van der Waals surface area contributed by atoms with Crippen LogP contribution in [0.1, 0.15) is 48.9 Å². The van der Waals surface area contributed by atoms with Gasteiger partial charge in [-0.2, -0.15) is 0 Å². The Morgan fingerprint density at radius 1 is 1.03 bits per heavy atom. The SMILES string of the molecule is CS(=O)(=O)Nc1ccccc1C(=O)Nc1ccc(SCCCCCC2CC2)cc1. The minimum Gasteiger partial charge on any atom is -0.322 e. The molecule has 1 fully saturated rings. The largest absolute Gasteiger partial charge is 0.322 e. The van der Waals surface area contributed by atoms with Crippen LogP contribution in [0.3, 0.4) is 0 Å². The molecule has 0 spiro atoms. The Kier molecular flexibility index (Phi) is 7.61. The molecule has 29 heavy (non-hydrogen) atoms. The first-order valence-electron chi connectivity index (χ1n) is 10.0. The van der Waals surface area contributed by atoms with E-state index in [4.69, 9.17) is 0 Å². The number of carbonyl (C=O) groups excluding carboxylic acids is 1. The number of amides is 1. The molecule has 2 aromatic carbocycles. The molecule has 0 heterocycles. The molecule has 156 valence electrons. The van der Waals surface area contributed by atoms with Crippen molar-refractivity contribution in [3.63, 3.8) is 0 Å². The molecule has 2 aromatic rings. The molecule has 0 unspecified atom stereocenters. The zero-order valence-electron chi connectivity index (χ0n) is 16.7. The van der Waals surface area contributed by atoms with Gasteiger partial charge in [-0.25, -0.2) is 8.42 Å². The summed E-state index contributed by atoms with van der Waals surface area (Å²) in [6.07, 6.45) is 9.24. The quantitative estimate of drug-likeness (QED) is 0.370. The fourth-order valence-corrected chi connectivity index (χ4v) is 4.60. The Bertz CT molecular complexity index is 923. The number of hydrogen-bond acceptors (Lipinski definition) is 4. The van der Waals surface area contributed by atoms with E-state index in [9.17, 15) is 13.2 Å². The van der Waals surface area contributed by atoms with E-state index in [-0.39, 0.29) is 17.2 Å². The van der Waals surface area contributed by atoms with Gasteiger partial charge in [-0.1, -0.05) is 44.2 Å². The maximum atomic E-state index is 12.6. The van der Waals surface area contributed by atoms with Crippen LogP contribution >= 0.6 is 11.8 Å². The molecule has 1 aliphatic rings. The lowest BCUT2D eigenvalue weighted by Crippen LogP contribution is -2.17. The highest BCUT2D eigenvalue weighted by Crippen LogP contribution is 2.34. The van der Waals surface area contributed by atoms with E-state index in [0.29, 0.717) is 5.69 Å². The third-order valence-electron chi connectivity index (χ3n) is 4.80. The fourth-order valence-electron chi connectivity index (χ4n) is 3.11. The van der Waals surface area contributed by atoms with Crippen LogP contribution in [0, 0.1) is 5.92 Å². The Morgan fingerprint density at radius 3 is 2.45 bits per heavy atom. The second-order valence-corrected chi connectivity index (χ2v) is 10.5. The smallest absolute Gasteiger partial charge is 0.257 e. The standard InChI is InChI=1S/C22H28N2O3S2/c1-29(26,27)24-21-9-5-4-8-20(21)22(25)23-18-12-14-19(15-13-18)28-16-6-2-3-7-17-10-11-17/h4-5,8-9,12-15,17,24H,2-3,6-7,10-11,16H2,1H3,(H,23,25). The molecule has 0 bridgehead atoms. The van der Waals surface area contributed by atoms with Gasteiger partial charge in [-0.15, -0.1) is 11.8 Å². The summed E-state index contributed by atoms with van der Waals surface area (Å²) in [6, 6.07) is 14.3. The highest BCUT2D eigenvalue weighted by Gasteiger charge is 2.19. The molecule has 1 amide bonds. The molecule has 5 nitrogen and oxygen atoms in total. The number of sulfonamides is 1. The minimum absolute atomic E-state index is 0.265. The van der Waals surface area contributed by atoms with Crippen molar-refractivity contribution in [1.82, 2.24) is 0 Å². The summed E-state index contributed by atoms with van der Waals surface area (Å²) < 4.78 is 25.4. The van der Waals surface area contributed by atoms with Crippen LogP contribution in [0.2, 0.25) is 0 Å². The lowest BCUT2D eigenvalue weighted by atomic mass is 10.1. The number of hydrogen-bond donors (Lipinski definition) is 2. The maximum absolute atomic E-state index is 12.6. The van der Waals surface area contributed by atoms with Crippen LogP contribution < -0.4 is 10.0 Å². The average molecular weight is 433 g/mol. The Balaban J connectivity index is 1.48.